The van der Waals surface area contributed by atoms with Crippen molar-refractivity contribution >= 4 is 5.97 Å². The highest BCUT2D eigenvalue weighted by molar-refractivity contribution is 5.72. The van der Waals surface area contributed by atoms with Gasteiger partial charge in [0.2, 0.25) is 0 Å². The van der Waals surface area contributed by atoms with Crippen molar-refractivity contribution < 1.29 is 15.0 Å². The van der Waals surface area contributed by atoms with Crippen LogP contribution in [0, 0.1) is 11.3 Å². The highest BCUT2D eigenvalue weighted by Crippen LogP contribution is 2.33. The number of benzene rings is 1. The minimum atomic E-state index is -0.877. The van der Waals surface area contributed by atoms with Gasteiger partial charge in [-0.25, -0.2) is 0 Å². The van der Waals surface area contributed by atoms with Gasteiger partial charge in [-0.1, -0.05) is 38.1 Å². The van der Waals surface area contributed by atoms with Gasteiger partial charge >= 0.3 is 5.97 Å². The van der Waals surface area contributed by atoms with E-state index in [0.717, 1.165) is 0 Å². The van der Waals surface area contributed by atoms with Gasteiger partial charge in [0.15, 0.2) is 0 Å². The van der Waals surface area contributed by atoms with E-state index in [2.05, 4.69) is 6.58 Å². The second-order valence-corrected chi connectivity index (χ2v) is 4.75. The number of hydrogen-bond donors (Lipinski definition) is 2. The molecular weight excluding hydrogens is 216 g/mol. The smallest absolute Gasteiger partial charge is 0.307 e. The second-order valence-electron chi connectivity index (χ2n) is 4.75. The van der Waals surface area contributed by atoms with Crippen LogP contribution in [0.25, 0.3) is 0 Å². The van der Waals surface area contributed by atoms with E-state index in [-0.39, 0.29) is 5.75 Å². The largest absolute Gasteiger partial charge is 0.508 e. The van der Waals surface area contributed by atoms with Crippen molar-refractivity contribution in [2.45, 2.75) is 20.3 Å². The molecule has 0 radical (unpaired) electrons. The van der Waals surface area contributed by atoms with Crippen molar-refractivity contribution in [2.75, 3.05) is 0 Å². The van der Waals surface area contributed by atoms with E-state index in [1.807, 2.05) is 13.8 Å². The molecule has 1 rings (SSSR count). The molecule has 0 aliphatic heterocycles. The molecule has 0 bridgehead atoms. The van der Waals surface area contributed by atoms with Crippen LogP contribution in [0.15, 0.2) is 36.9 Å². The summed E-state index contributed by atoms with van der Waals surface area (Å²) >= 11 is 0. The van der Waals surface area contributed by atoms with Crippen LogP contribution in [-0.2, 0) is 11.2 Å². The minimum Gasteiger partial charge on any atom is -0.508 e. The number of para-hydroxylation sites is 1. The Morgan fingerprint density at radius 2 is 2.06 bits per heavy atom. The maximum Gasteiger partial charge on any atom is 0.307 e. The number of allylic oxidation sites excluding steroid dienone is 1. The van der Waals surface area contributed by atoms with Crippen LogP contribution in [0.4, 0.5) is 0 Å². The molecule has 2 N–H and O–H groups in total. The summed E-state index contributed by atoms with van der Waals surface area (Å²) in [5, 5.41) is 18.9. The van der Waals surface area contributed by atoms with Crippen LogP contribution in [-0.4, -0.2) is 16.2 Å². The van der Waals surface area contributed by atoms with Crippen LogP contribution in [0.2, 0.25) is 0 Å². The first-order chi connectivity index (χ1) is 7.88. The summed E-state index contributed by atoms with van der Waals surface area (Å²) in [4.78, 5) is 11.3. The second kappa shape index (κ2) is 5.04. The molecule has 0 saturated carbocycles. The molecule has 0 aliphatic carbocycles. The van der Waals surface area contributed by atoms with Crippen LogP contribution in [0.3, 0.4) is 0 Å². The minimum absolute atomic E-state index is 0.138. The zero-order valence-electron chi connectivity index (χ0n) is 10.2. The van der Waals surface area contributed by atoms with Crippen LogP contribution < -0.4 is 0 Å². The lowest BCUT2D eigenvalue weighted by Crippen LogP contribution is -2.31. The Labute approximate surface area is 101 Å². The van der Waals surface area contributed by atoms with E-state index in [0.29, 0.717) is 12.0 Å². The Kier molecular flexibility index (Phi) is 3.94. The molecule has 0 aliphatic rings. The number of carbonyl (C=O) groups is 1. The molecule has 3 nitrogen and oxygen atoms in total. The van der Waals surface area contributed by atoms with Gasteiger partial charge in [0.1, 0.15) is 5.75 Å². The number of carboxylic acid groups (broad SMARTS) is 1. The highest BCUT2D eigenvalue weighted by atomic mass is 16.4. The molecule has 0 heterocycles. The van der Waals surface area contributed by atoms with Crippen LogP contribution in [0.5, 0.6) is 5.75 Å². The summed E-state index contributed by atoms with van der Waals surface area (Å²) in [6.07, 6.45) is 1.94. The van der Waals surface area contributed by atoms with E-state index in [4.69, 9.17) is 0 Å². The van der Waals surface area contributed by atoms with Gasteiger partial charge in [0.25, 0.3) is 0 Å². The van der Waals surface area contributed by atoms with Crippen LogP contribution >= 0.6 is 0 Å². The van der Waals surface area contributed by atoms with Crippen molar-refractivity contribution in [1.82, 2.24) is 0 Å². The highest BCUT2D eigenvalue weighted by Gasteiger charge is 2.33. The molecule has 3 heteroatoms. The number of aliphatic carboxylic acids is 1. The summed E-state index contributed by atoms with van der Waals surface area (Å²) in [7, 11) is 0. The molecule has 1 atom stereocenters. The van der Waals surface area contributed by atoms with Crippen molar-refractivity contribution in [2.24, 2.45) is 11.3 Å². The Hall–Kier alpha value is -1.77. The average Bonchev–Trinajstić information content (AvgIpc) is 2.27. The number of phenols is 1. The van der Waals surface area contributed by atoms with E-state index in [1.54, 1.807) is 30.3 Å². The van der Waals surface area contributed by atoms with E-state index >= 15 is 0 Å². The first kappa shape index (κ1) is 13.3. The number of carboxylic acids is 1. The lowest BCUT2D eigenvalue weighted by molar-refractivity contribution is -0.144. The van der Waals surface area contributed by atoms with Gasteiger partial charge in [-0.3, -0.25) is 4.79 Å². The summed E-state index contributed by atoms with van der Waals surface area (Å²) in [5.74, 6) is -1.34. The monoisotopic (exact) mass is 234 g/mol. The lowest BCUT2D eigenvalue weighted by atomic mass is 9.75. The van der Waals surface area contributed by atoms with E-state index in [1.165, 1.54) is 0 Å². The van der Waals surface area contributed by atoms with Crippen LogP contribution in [0.1, 0.15) is 19.4 Å². The molecule has 1 unspecified atom stereocenters. The van der Waals surface area contributed by atoms with Crippen molar-refractivity contribution in [3.63, 3.8) is 0 Å². The number of aromatic hydroxyl groups is 1. The van der Waals surface area contributed by atoms with Gasteiger partial charge in [-0.05, 0) is 23.5 Å². The average molecular weight is 234 g/mol. The van der Waals surface area contributed by atoms with Gasteiger partial charge in [0.05, 0.1) is 5.92 Å². The summed E-state index contributed by atoms with van der Waals surface area (Å²) in [6.45, 7) is 7.34. The fourth-order valence-electron chi connectivity index (χ4n) is 1.71. The number of hydrogen-bond acceptors (Lipinski definition) is 2. The first-order valence-electron chi connectivity index (χ1n) is 5.51. The molecule has 17 heavy (non-hydrogen) atoms. The quantitative estimate of drug-likeness (QED) is 0.770. The SMILES string of the molecule is C=CC(C)(C)C(Cc1ccccc1O)C(=O)O. The molecule has 0 aromatic heterocycles. The predicted octanol–water partition coefficient (Wildman–Crippen LogP) is 2.85. The van der Waals surface area contributed by atoms with E-state index < -0.39 is 17.3 Å². The summed E-state index contributed by atoms with van der Waals surface area (Å²) < 4.78 is 0. The maximum atomic E-state index is 11.3. The molecule has 0 fully saturated rings. The van der Waals surface area contributed by atoms with Gasteiger partial charge in [0, 0.05) is 0 Å². The predicted molar refractivity (Wildman–Crippen MR) is 66.9 cm³/mol. The zero-order chi connectivity index (χ0) is 13.1. The molecule has 0 spiro atoms. The third kappa shape index (κ3) is 3.09. The standard InChI is InChI=1S/C14H18O3/c1-4-14(2,3)11(13(16)17)9-10-7-5-6-8-12(10)15/h4-8,11,15H,1,9H2,2-3H3,(H,16,17). The van der Waals surface area contributed by atoms with Crippen molar-refractivity contribution in [3.8, 4) is 5.75 Å². The third-order valence-electron chi connectivity index (χ3n) is 3.14. The first-order valence-corrected chi connectivity index (χ1v) is 5.51. The summed E-state index contributed by atoms with van der Waals surface area (Å²) in [6, 6.07) is 6.81. The Bertz CT molecular complexity index is 421. The maximum absolute atomic E-state index is 11.3. The molecule has 0 amide bonds. The Morgan fingerprint density at radius 3 is 2.53 bits per heavy atom. The zero-order valence-corrected chi connectivity index (χ0v) is 10.2. The topological polar surface area (TPSA) is 57.5 Å². The van der Waals surface area contributed by atoms with Gasteiger partial charge < -0.3 is 10.2 Å². The lowest BCUT2D eigenvalue weighted by Gasteiger charge is -2.28. The fraction of sp³-hybridized carbons (Fsp3) is 0.357. The molecule has 0 saturated heterocycles. The molecule has 92 valence electrons. The Morgan fingerprint density at radius 1 is 1.47 bits per heavy atom. The number of rotatable bonds is 5. The fourth-order valence-corrected chi connectivity index (χ4v) is 1.71. The Balaban J connectivity index is 3.00. The van der Waals surface area contributed by atoms with Gasteiger partial charge in [-0.15, -0.1) is 6.58 Å². The molecular formula is C14H18O3. The third-order valence-corrected chi connectivity index (χ3v) is 3.14. The molecule has 1 aromatic rings. The van der Waals surface area contributed by atoms with Crippen molar-refractivity contribution in [3.05, 3.63) is 42.5 Å². The van der Waals surface area contributed by atoms with E-state index in [9.17, 15) is 15.0 Å². The molecule has 1 aromatic carbocycles. The van der Waals surface area contributed by atoms with Crippen molar-refractivity contribution in [1.29, 1.82) is 0 Å². The summed E-state index contributed by atoms with van der Waals surface area (Å²) in [5.41, 5.74) is 0.128. The normalized spacial score (nSPS) is 13.1. The van der Waals surface area contributed by atoms with Gasteiger partial charge in [-0.2, -0.15) is 0 Å². The number of phenolic OH excluding ortho intramolecular Hbond substituents is 1.